The predicted octanol–water partition coefficient (Wildman–Crippen LogP) is 1.12. The van der Waals surface area contributed by atoms with Gasteiger partial charge in [0.15, 0.2) is 0 Å². The van der Waals surface area contributed by atoms with Gasteiger partial charge in [-0.25, -0.2) is 0 Å². The molecule has 0 N–H and O–H groups in total. The van der Waals surface area contributed by atoms with Crippen LogP contribution in [0.15, 0.2) is 0 Å². The van der Waals surface area contributed by atoms with E-state index in [-0.39, 0.29) is 0 Å². The summed E-state index contributed by atoms with van der Waals surface area (Å²) in [4.78, 5) is 4.51. The minimum atomic E-state index is 0.521. The van der Waals surface area contributed by atoms with Crippen molar-refractivity contribution in [2.24, 2.45) is 5.92 Å². The van der Waals surface area contributed by atoms with Crippen molar-refractivity contribution < 1.29 is 0 Å². The van der Waals surface area contributed by atoms with Crippen LogP contribution in [-0.4, -0.2) is 55.9 Å². The Labute approximate surface area is 81.5 Å². The van der Waals surface area contributed by atoms with Crippen LogP contribution < -0.4 is 0 Å². The summed E-state index contributed by atoms with van der Waals surface area (Å²) >= 11 is 4.87. The summed E-state index contributed by atoms with van der Waals surface area (Å²) < 4.78 is 0. The Bertz CT molecular complexity index is 126. The van der Waals surface area contributed by atoms with Gasteiger partial charge in [0.25, 0.3) is 0 Å². The third-order valence-corrected chi connectivity index (χ3v) is 2.23. The van der Waals surface area contributed by atoms with Gasteiger partial charge in [0.05, 0.1) is 0 Å². The molecular weight excluding hydrogens is 168 g/mol. The first-order valence-corrected chi connectivity index (χ1v) is 4.82. The highest BCUT2D eigenvalue weighted by Crippen LogP contribution is 1.94. The second kappa shape index (κ2) is 6.52. The van der Waals surface area contributed by atoms with Gasteiger partial charge in [0.1, 0.15) is 0 Å². The van der Waals surface area contributed by atoms with Gasteiger partial charge in [-0.05, 0) is 32.4 Å². The largest absolute Gasteiger partial charge is 0.308 e. The zero-order chi connectivity index (χ0) is 9.56. The smallest absolute Gasteiger partial charge is 0.0106 e. The van der Waals surface area contributed by atoms with E-state index in [1.165, 1.54) is 0 Å². The minimum absolute atomic E-state index is 0.521. The lowest BCUT2D eigenvalue weighted by Gasteiger charge is -2.20. The van der Waals surface area contributed by atoms with Crippen molar-refractivity contribution in [3.05, 3.63) is 0 Å². The first kappa shape index (κ1) is 12.0. The Balaban J connectivity index is 3.45. The molecule has 0 aromatic heterocycles. The van der Waals surface area contributed by atoms with Crippen molar-refractivity contribution in [3.8, 4) is 0 Å². The molecule has 12 heavy (non-hydrogen) atoms. The summed E-state index contributed by atoms with van der Waals surface area (Å²) in [6.45, 7) is 5.44. The van der Waals surface area contributed by atoms with Gasteiger partial charge in [-0.1, -0.05) is 19.1 Å². The van der Waals surface area contributed by atoms with E-state index in [0.717, 1.165) is 19.6 Å². The quantitative estimate of drug-likeness (QED) is 0.577. The molecule has 0 aliphatic heterocycles. The van der Waals surface area contributed by atoms with Crippen molar-refractivity contribution in [1.82, 2.24) is 9.80 Å². The second-order valence-electron chi connectivity index (χ2n) is 3.68. The van der Waals surface area contributed by atoms with Crippen LogP contribution in [-0.2, 0) is 0 Å². The van der Waals surface area contributed by atoms with E-state index in [4.69, 9.17) is 12.2 Å². The number of hydrogen-bond acceptors (Lipinski definition) is 3. The molecule has 0 fully saturated rings. The summed E-state index contributed by atoms with van der Waals surface area (Å²) in [6.07, 6.45) is 0. The lowest BCUT2D eigenvalue weighted by molar-refractivity contribution is 0.272. The van der Waals surface area contributed by atoms with Crippen LogP contribution in [0, 0.1) is 5.92 Å². The van der Waals surface area contributed by atoms with E-state index < -0.39 is 0 Å². The van der Waals surface area contributed by atoms with E-state index in [1.54, 1.807) is 0 Å². The molecule has 1 atom stereocenters. The van der Waals surface area contributed by atoms with Crippen LogP contribution in [0.5, 0.6) is 0 Å². The van der Waals surface area contributed by atoms with Gasteiger partial charge in [-0.3, -0.25) is 0 Å². The fourth-order valence-corrected chi connectivity index (χ4v) is 1.08. The maximum atomic E-state index is 4.87. The van der Waals surface area contributed by atoms with Crippen LogP contribution >= 0.6 is 12.2 Å². The SMILES string of the molecule is CC(C=S)CN(C)CCN(C)C. The molecule has 2 nitrogen and oxygen atoms in total. The topological polar surface area (TPSA) is 6.48 Å². The van der Waals surface area contributed by atoms with E-state index in [1.807, 2.05) is 5.37 Å². The first-order valence-electron chi connectivity index (χ1n) is 4.34. The maximum Gasteiger partial charge on any atom is 0.0106 e. The van der Waals surface area contributed by atoms with Gasteiger partial charge in [-0.2, -0.15) is 0 Å². The molecule has 0 saturated carbocycles. The van der Waals surface area contributed by atoms with Gasteiger partial charge in [0, 0.05) is 19.6 Å². The Hall–Kier alpha value is 0.0100. The van der Waals surface area contributed by atoms with E-state index in [2.05, 4.69) is 37.9 Å². The highest BCUT2D eigenvalue weighted by Gasteiger charge is 2.02. The fraction of sp³-hybridized carbons (Fsp3) is 0.889. The third kappa shape index (κ3) is 6.70. The van der Waals surface area contributed by atoms with Gasteiger partial charge < -0.3 is 9.80 Å². The lowest BCUT2D eigenvalue weighted by Crippen LogP contribution is -2.31. The number of rotatable bonds is 6. The number of likely N-dealkylation sites (N-methyl/N-ethyl adjacent to an activating group) is 2. The fourth-order valence-electron chi connectivity index (χ4n) is 0.997. The summed E-state index contributed by atoms with van der Waals surface area (Å²) in [5, 5.41) is 1.84. The van der Waals surface area contributed by atoms with Gasteiger partial charge in [-0.15, -0.1) is 0 Å². The molecule has 0 rings (SSSR count). The predicted molar refractivity (Wildman–Crippen MR) is 58.9 cm³/mol. The summed E-state index contributed by atoms with van der Waals surface area (Å²) in [5.41, 5.74) is 0. The van der Waals surface area contributed by atoms with Crippen molar-refractivity contribution in [3.63, 3.8) is 0 Å². The monoisotopic (exact) mass is 188 g/mol. The molecule has 0 heterocycles. The van der Waals surface area contributed by atoms with Crippen LogP contribution in [0.25, 0.3) is 0 Å². The standard InChI is InChI=1S/C9H20N2S/c1-9(8-12)7-11(4)6-5-10(2)3/h8-9H,5-7H2,1-4H3. The van der Waals surface area contributed by atoms with Crippen molar-refractivity contribution >= 4 is 17.6 Å². The van der Waals surface area contributed by atoms with E-state index in [9.17, 15) is 0 Å². The first-order chi connectivity index (χ1) is 5.56. The normalized spacial score (nSPS) is 13.8. The molecule has 0 aliphatic carbocycles. The Morgan fingerprint density at radius 1 is 1.25 bits per heavy atom. The Morgan fingerprint density at radius 2 is 1.83 bits per heavy atom. The molecule has 0 radical (unpaired) electrons. The number of hydrogen-bond donors (Lipinski definition) is 0. The lowest BCUT2D eigenvalue weighted by atomic mass is 10.2. The zero-order valence-electron chi connectivity index (χ0n) is 8.58. The minimum Gasteiger partial charge on any atom is -0.308 e. The molecule has 0 bridgehead atoms. The van der Waals surface area contributed by atoms with Crippen LogP contribution in [0.3, 0.4) is 0 Å². The van der Waals surface area contributed by atoms with Crippen molar-refractivity contribution in [2.75, 3.05) is 40.8 Å². The molecular formula is C9H20N2S. The molecule has 0 saturated heterocycles. The molecule has 72 valence electrons. The molecule has 0 amide bonds. The average Bonchev–Trinajstić information content (AvgIpc) is 2.00. The molecule has 0 aromatic carbocycles. The van der Waals surface area contributed by atoms with Crippen molar-refractivity contribution in [1.29, 1.82) is 0 Å². The van der Waals surface area contributed by atoms with Crippen LogP contribution in [0.2, 0.25) is 0 Å². The molecule has 1 unspecified atom stereocenters. The Kier molecular flexibility index (Phi) is 6.52. The highest BCUT2D eigenvalue weighted by molar-refractivity contribution is 7.79. The third-order valence-electron chi connectivity index (χ3n) is 1.76. The molecule has 0 spiro atoms. The summed E-state index contributed by atoms with van der Waals surface area (Å²) in [6, 6.07) is 0. The van der Waals surface area contributed by atoms with E-state index >= 15 is 0 Å². The second-order valence-corrected chi connectivity index (χ2v) is 3.95. The maximum absolute atomic E-state index is 4.87. The van der Waals surface area contributed by atoms with Crippen molar-refractivity contribution in [2.45, 2.75) is 6.92 Å². The Morgan fingerprint density at radius 3 is 2.25 bits per heavy atom. The van der Waals surface area contributed by atoms with Crippen LogP contribution in [0.4, 0.5) is 0 Å². The van der Waals surface area contributed by atoms with Crippen LogP contribution in [0.1, 0.15) is 6.92 Å². The molecule has 0 aromatic rings. The van der Waals surface area contributed by atoms with Gasteiger partial charge >= 0.3 is 0 Å². The summed E-state index contributed by atoms with van der Waals surface area (Å²) in [7, 11) is 6.33. The number of nitrogens with zero attached hydrogens (tertiary/aromatic N) is 2. The highest BCUT2D eigenvalue weighted by atomic mass is 32.1. The zero-order valence-corrected chi connectivity index (χ0v) is 9.40. The summed E-state index contributed by atoms with van der Waals surface area (Å²) in [5.74, 6) is 0.521. The number of thiocarbonyl (C=S) groups is 1. The molecule has 0 aliphatic rings. The average molecular weight is 188 g/mol. The molecule has 3 heteroatoms. The van der Waals surface area contributed by atoms with E-state index in [0.29, 0.717) is 5.92 Å². The van der Waals surface area contributed by atoms with Gasteiger partial charge in [0.2, 0.25) is 0 Å².